The molecule has 1 N–H and O–H groups in total. The molecule has 1 aromatic carbocycles. The highest BCUT2D eigenvalue weighted by Gasteiger charge is 2.17. The van der Waals surface area contributed by atoms with Crippen molar-refractivity contribution in [2.75, 3.05) is 0 Å². The maximum Gasteiger partial charge on any atom is 0.419 e. The third kappa shape index (κ3) is 3.13. The largest absolute Gasteiger partial charge is 0.419 e. The van der Waals surface area contributed by atoms with Crippen molar-refractivity contribution in [2.45, 2.75) is 31.2 Å². The van der Waals surface area contributed by atoms with Gasteiger partial charge in [-0.05, 0) is 18.6 Å². The van der Waals surface area contributed by atoms with Gasteiger partial charge in [-0.1, -0.05) is 18.5 Å². The second-order valence-corrected chi connectivity index (χ2v) is 7.18. The van der Waals surface area contributed by atoms with Gasteiger partial charge in [-0.25, -0.2) is 17.9 Å². The van der Waals surface area contributed by atoms with Gasteiger partial charge < -0.3 is 8.94 Å². The van der Waals surface area contributed by atoms with E-state index in [9.17, 15) is 13.2 Å². The zero-order valence-corrected chi connectivity index (χ0v) is 14.1. The van der Waals surface area contributed by atoms with Crippen molar-refractivity contribution in [1.82, 2.24) is 14.4 Å². The molecule has 2 heterocycles. The van der Waals surface area contributed by atoms with Crippen LogP contribution in [0.15, 0.2) is 42.9 Å². The first-order chi connectivity index (χ1) is 11.4. The number of fused-ring (bicyclic) bond motifs is 1. The van der Waals surface area contributed by atoms with E-state index in [4.69, 9.17) is 8.94 Å². The summed E-state index contributed by atoms with van der Waals surface area (Å²) in [6.45, 7) is 2.02. The fraction of sp³-hybridized carbons (Fsp3) is 0.333. The molecule has 24 heavy (non-hydrogen) atoms. The van der Waals surface area contributed by atoms with Crippen molar-refractivity contribution in [1.29, 1.82) is 0 Å². The minimum absolute atomic E-state index is 0.00414. The van der Waals surface area contributed by atoms with Crippen LogP contribution in [0.3, 0.4) is 0 Å². The first kappa shape index (κ1) is 16.5. The Kier molecular flexibility index (Phi) is 4.29. The number of aromatic nitrogens is 2. The van der Waals surface area contributed by atoms with E-state index in [1.54, 1.807) is 13.1 Å². The molecule has 0 amide bonds. The highest BCUT2D eigenvalue weighted by atomic mass is 32.2. The predicted octanol–water partition coefficient (Wildman–Crippen LogP) is 1.55. The highest BCUT2D eigenvalue weighted by molar-refractivity contribution is 7.89. The van der Waals surface area contributed by atoms with Crippen LogP contribution in [0, 0.1) is 0 Å². The Morgan fingerprint density at radius 2 is 2.08 bits per heavy atom. The molecule has 128 valence electrons. The molecule has 0 radical (unpaired) electrons. The summed E-state index contributed by atoms with van der Waals surface area (Å²) in [5, 5.41) is 3.87. The molecule has 2 aromatic heterocycles. The highest BCUT2D eigenvalue weighted by Crippen LogP contribution is 2.18. The number of aryl methyl sites for hydroxylation is 2. The van der Waals surface area contributed by atoms with Gasteiger partial charge in [0.1, 0.15) is 0 Å². The van der Waals surface area contributed by atoms with E-state index in [0.717, 1.165) is 18.5 Å². The summed E-state index contributed by atoms with van der Waals surface area (Å²) in [6, 6.07) is 6.00. The van der Waals surface area contributed by atoms with Gasteiger partial charge in [0.25, 0.3) is 0 Å². The van der Waals surface area contributed by atoms with Crippen LogP contribution in [0.2, 0.25) is 0 Å². The summed E-state index contributed by atoms with van der Waals surface area (Å²) in [7, 11) is -2.21. The van der Waals surface area contributed by atoms with E-state index in [-0.39, 0.29) is 17.0 Å². The number of nitrogens with one attached hydrogen (secondary N) is 1. The topological polar surface area (TPSA) is 107 Å². The van der Waals surface area contributed by atoms with Crippen LogP contribution < -0.4 is 10.5 Å². The van der Waals surface area contributed by atoms with Crippen LogP contribution in [-0.4, -0.2) is 18.1 Å². The Morgan fingerprint density at radius 1 is 1.29 bits per heavy atom. The number of hydrogen-bond acceptors (Lipinski definition) is 6. The number of rotatable bonds is 6. The fourth-order valence-electron chi connectivity index (χ4n) is 2.34. The minimum Gasteiger partial charge on any atom is -0.408 e. The summed E-state index contributed by atoms with van der Waals surface area (Å²) in [4.78, 5) is 11.5. The number of oxazole rings is 1. The lowest BCUT2D eigenvalue weighted by atomic mass is 10.2. The van der Waals surface area contributed by atoms with Crippen molar-refractivity contribution < 1.29 is 17.4 Å². The molecule has 0 spiro atoms. The predicted molar refractivity (Wildman–Crippen MR) is 86.0 cm³/mol. The van der Waals surface area contributed by atoms with Crippen LogP contribution in [-0.2, 0) is 30.0 Å². The standard InChI is InChI=1S/C15H17N3O5S/c1-3-4-10-7-11(23-17-10)9-16-24(20,21)12-5-6-13-14(8-12)22-15(19)18(13)2/h5-8,16H,3-4,9H2,1-2H3. The van der Waals surface area contributed by atoms with E-state index < -0.39 is 15.8 Å². The van der Waals surface area contributed by atoms with E-state index in [2.05, 4.69) is 9.88 Å². The summed E-state index contributed by atoms with van der Waals surface area (Å²) >= 11 is 0. The van der Waals surface area contributed by atoms with Crippen LogP contribution in [0.25, 0.3) is 11.1 Å². The lowest BCUT2D eigenvalue weighted by molar-refractivity contribution is 0.374. The van der Waals surface area contributed by atoms with E-state index >= 15 is 0 Å². The molecule has 0 aliphatic carbocycles. The van der Waals surface area contributed by atoms with Gasteiger partial charge in [0.15, 0.2) is 11.3 Å². The van der Waals surface area contributed by atoms with Gasteiger partial charge >= 0.3 is 5.76 Å². The molecule has 0 fully saturated rings. The van der Waals surface area contributed by atoms with Gasteiger partial charge in [0.2, 0.25) is 10.0 Å². The monoisotopic (exact) mass is 351 g/mol. The first-order valence-corrected chi connectivity index (χ1v) is 8.93. The molecule has 0 saturated carbocycles. The second kappa shape index (κ2) is 6.25. The average Bonchev–Trinajstić information content (AvgIpc) is 3.11. The third-order valence-corrected chi connectivity index (χ3v) is 5.02. The van der Waals surface area contributed by atoms with Gasteiger partial charge in [-0.2, -0.15) is 0 Å². The molecule has 0 saturated heterocycles. The van der Waals surface area contributed by atoms with Crippen LogP contribution >= 0.6 is 0 Å². The molecule has 0 unspecified atom stereocenters. The molecule has 0 bridgehead atoms. The Balaban J connectivity index is 1.80. The van der Waals surface area contributed by atoms with Gasteiger partial charge in [0.05, 0.1) is 22.7 Å². The molecule has 0 atom stereocenters. The second-order valence-electron chi connectivity index (χ2n) is 5.42. The summed E-state index contributed by atoms with van der Waals surface area (Å²) in [5.74, 6) is -0.105. The molecular weight excluding hydrogens is 334 g/mol. The number of benzene rings is 1. The maximum atomic E-state index is 12.4. The zero-order valence-electron chi connectivity index (χ0n) is 13.3. The SMILES string of the molecule is CCCc1cc(CNS(=O)(=O)c2ccc3c(c2)oc(=O)n3C)on1. The summed E-state index contributed by atoms with van der Waals surface area (Å²) < 4.78 is 38.6. The van der Waals surface area contributed by atoms with E-state index in [1.807, 2.05) is 6.92 Å². The normalized spacial score (nSPS) is 12.1. The van der Waals surface area contributed by atoms with Gasteiger partial charge in [-0.15, -0.1) is 0 Å². The number of sulfonamides is 1. The van der Waals surface area contributed by atoms with Gasteiger partial charge in [0, 0.05) is 19.2 Å². The van der Waals surface area contributed by atoms with Gasteiger partial charge in [-0.3, -0.25) is 4.57 Å². The molecule has 9 heteroatoms. The number of hydrogen-bond donors (Lipinski definition) is 1. The quantitative estimate of drug-likeness (QED) is 0.722. The Labute approximate surface area is 138 Å². The molecule has 0 aliphatic heterocycles. The molecule has 8 nitrogen and oxygen atoms in total. The van der Waals surface area contributed by atoms with Crippen LogP contribution in [0.5, 0.6) is 0 Å². The fourth-order valence-corrected chi connectivity index (χ4v) is 3.35. The Bertz CT molecular complexity index is 1030. The number of nitrogens with zero attached hydrogens (tertiary/aromatic N) is 2. The minimum atomic E-state index is -3.77. The first-order valence-electron chi connectivity index (χ1n) is 7.44. The molecular formula is C15H17N3O5S. The van der Waals surface area contributed by atoms with Crippen LogP contribution in [0.4, 0.5) is 0 Å². The van der Waals surface area contributed by atoms with Crippen LogP contribution in [0.1, 0.15) is 24.8 Å². The van der Waals surface area contributed by atoms with Crippen molar-refractivity contribution in [3.63, 3.8) is 0 Å². The lowest BCUT2D eigenvalue weighted by Gasteiger charge is -2.04. The smallest absolute Gasteiger partial charge is 0.408 e. The van der Waals surface area contributed by atoms with Crippen molar-refractivity contribution in [3.8, 4) is 0 Å². The Hall–Kier alpha value is -2.39. The Morgan fingerprint density at radius 3 is 2.83 bits per heavy atom. The average molecular weight is 351 g/mol. The summed E-state index contributed by atoms with van der Waals surface area (Å²) in [5.41, 5.74) is 1.54. The molecule has 3 rings (SSSR count). The maximum absolute atomic E-state index is 12.4. The van der Waals surface area contributed by atoms with E-state index in [1.165, 1.54) is 22.8 Å². The van der Waals surface area contributed by atoms with E-state index in [0.29, 0.717) is 11.3 Å². The molecule has 3 aromatic rings. The molecule has 0 aliphatic rings. The van der Waals surface area contributed by atoms with Crippen molar-refractivity contribution in [3.05, 3.63) is 46.3 Å². The summed E-state index contributed by atoms with van der Waals surface area (Å²) in [6.07, 6.45) is 1.71. The third-order valence-electron chi connectivity index (χ3n) is 3.62. The van der Waals surface area contributed by atoms with Crippen molar-refractivity contribution in [2.24, 2.45) is 7.05 Å². The van der Waals surface area contributed by atoms with Crippen molar-refractivity contribution >= 4 is 21.1 Å². The lowest BCUT2D eigenvalue weighted by Crippen LogP contribution is -2.23. The zero-order chi connectivity index (χ0) is 17.3.